The molecule has 0 unspecified atom stereocenters. The minimum absolute atomic E-state index is 0.0365. The monoisotopic (exact) mass is 402 g/mol. The molecule has 0 saturated carbocycles. The molecular weight excluding hydrogens is 382 g/mol. The first kappa shape index (κ1) is 23.0. The Morgan fingerprint density at radius 1 is 0.926 bits per heavy atom. The van der Waals surface area contributed by atoms with E-state index in [2.05, 4.69) is 5.32 Å². The van der Waals surface area contributed by atoms with E-state index in [0.29, 0.717) is 12.1 Å². The molecule has 0 spiro atoms. The summed E-state index contributed by atoms with van der Waals surface area (Å²) in [6.07, 6.45) is -9.88. The molecular formula is C16H20F6N2O3. The first-order valence-corrected chi connectivity index (χ1v) is 7.78. The van der Waals surface area contributed by atoms with Crippen molar-refractivity contribution in [2.45, 2.75) is 18.9 Å². The Morgan fingerprint density at radius 3 is 1.74 bits per heavy atom. The Kier molecular flexibility index (Phi) is 8.35. The molecule has 154 valence electrons. The van der Waals surface area contributed by atoms with Gasteiger partial charge in [-0.05, 0) is 23.8 Å². The predicted molar refractivity (Wildman–Crippen MR) is 84.0 cm³/mol. The maximum Gasteiger partial charge on any atom is 0.416 e. The number of carbonyl (C=O) groups is 1. The van der Waals surface area contributed by atoms with Gasteiger partial charge in [0.05, 0.1) is 24.3 Å². The topological polar surface area (TPSA) is 50.8 Å². The molecule has 27 heavy (non-hydrogen) atoms. The van der Waals surface area contributed by atoms with Gasteiger partial charge < -0.3 is 19.7 Å². The fourth-order valence-corrected chi connectivity index (χ4v) is 2.13. The summed E-state index contributed by atoms with van der Waals surface area (Å²) >= 11 is 0. The van der Waals surface area contributed by atoms with E-state index in [1.54, 1.807) is 0 Å². The van der Waals surface area contributed by atoms with Gasteiger partial charge in [0.25, 0.3) is 0 Å². The van der Waals surface area contributed by atoms with E-state index in [1.807, 2.05) is 0 Å². The second-order valence-electron chi connectivity index (χ2n) is 5.55. The van der Waals surface area contributed by atoms with E-state index >= 15 is 0 Å². The second-order valence-corrected chi connectivity index (χ2v) is 5.55. The molecule has 1 rings (SSSR count). The number of rotatable bonds is 8. The second kappa shape index (κ2) is 9.79. The van der Waals surface area contributed by atoms with Crippen molar-refractivity contribution in [1.29, 1.82) is 0 Å². The van der Waals surface area contributed by atoms with Crippen LogP contribution in [0.1, 0.15) is 16.7 Å². The summed E-state index contributed by atoms with van der Waals surface area (Å²) in [5, 5.41) is 2.32. The number of ether oxygens (including phenoxy) is 2. The number of urea groups is 1. The van der Waals surface area contributed by atoms with E-state index in [0.717, 1.165) is 0 Å². The molecule has 5 nitrogen and oxygen atoms in total. The first-order valence-electron chi connectivity index (χ1n) is 7.78. The maximum absolute atomic E-state index is 12.9. The Balaban J connectivity index is 2.94. The van der Waals surface area contributed by atoms with Gasteiger partial charge in [-0.3, -0.25) is 0 Å². The molecule has 1 aromatic rings. The van der Waals surface area contributed by atoms with Crippen molar-refractivity contribution in [3.05, 3.63) is 34.9 Å². The summed E-state index contributed by atoms with van der Waals surface area (Å²) in [4.78, 5) is 13.4. The SMILES string of the molecule is COCCN(CCOC)C(=O)NCc1cc(C(F)(F)F)cc(C(F)(F)F)c1. The van der Waals surface area contributed by atoms with Crippen LogP contribution in [0.25, 0.3) is 0 Å². The molecule has 1 aromatic carbocycles. The molecule has 0 aliphatic carbocycles. The fraction of sp³-hybridized carbons (Fsp3) is 0.562. The van der Waals surface area contributed by atoms with E-state index in [1.165, 1.54) is 19.1 Å². The number of carbonyl (C=O) groups excluding carboxylic acids is 1. The van der Waals surface area contributed by atoms with E-state index in [4.69, 9.17) is 9.47 Å². The number of methoxy groups -OCH3 is 2. The van der Waals surface area contributed by atoms with Crippen LogP contribution in [0.15, 0.2) is 18.2 Å². The third-order valence-corrected chi connectivity index (χ3v) is 3.51. The number of nitrogens with zero attached hydrogens (tertiary/aromatic N) is 1. The molecule has 0 aromatic heterocycles. The van der Waals surface area contributed by atoms with Crippen molar-refractivity contribution in [3.8, 4) is 0 Å². The van der Waals surface area contributed by atoms with Gasteiger partial charge in [0.2, 0.25) is 0 Å². The van der Waals surface area contributed by atoms with Gasteiger partial charge in [0.1, 0.15) is 0 Å². The maximum atomic E-state index is 12.9. The van der Waals surface area contributed by atoms with Gasteiger partial charge in [-0.2, -0.15) is 26.3 Å². The lowest BCUT2D eigenvalue weighted by atomic mass is 10.0. The number of nitrogens with one attached hydrogen (secondary N) is 1. The number of amides is 2. The predicted octanol–water partition coefficient (Wildman–Crippen LogP) is 3.53. The fourth-order valence-electron chi connectivity index (χ4n) is 2.13. The number of hydrogen-bond donors (Lipinski definition) is 1. The van der Waals surface area contributed by atoms with E-state index < -0.39 is 36.1 Å². The number of halogens is 6. The van der Waals surface area contributed by atoms with Crippen LogP contribution in [-0.2, 0) is 28.4 Å². The molecule has 0 atom stereocenters. The van der Waals surface area contributed by atoms with Gasteiger partial charge in [-0.25, -0.2) is 4.79 Å². The Bertz CT molecular complexity index is 579. The Morgan fingerprint density at radius 2 is 1.37 bits per heavy atom. The number of benzene rings is 1. The van der Waals surface area contributed by atoms with Gasteiger partial charge in [-0.15, -0.1) is 0 Å². The van der Waals surface area contributed by atoms with E-state index in [-0.39, 0.29) is 37.9 Å². The van der Waals surface area contributed by atoms with E-state index in [9.17, 15) is 31.1 Å². The highest BCUT2D eigenvalue weighted by Crippen LogP contribution is 2.36. The van der Waals surface area contributed by atoms with Crippen molar-refractivity contribution in [3.63, 3.8) is 0 Å². The average molecular weight is 402 g/mol. The molecule has 1 N–H and O–H groups in total. The smallest absolute Gasteiger partial charge is 0.383 e. The quantitative estimate of drug-likeness (QED) is 0.677. The van der Waals surface area contributed by atoms with Crippen LogP contribution in [0, 0.1) is 0 Å². The number of hydrogen-bond acceptors (Lipinski definition) is 3. The van der Waals surface area contributed by atoms with Crippen LogP contribution in [0.3, 0.4) is 0 Å². The summed E-state index contributed by atoms with van der Waals surface area (Å²) in [7, 11) is 2.85. The average Bonchev–Trinajstić information content (AvgIpc) is 2.58. The molecule has 2 amide bonds. The summed E-state index contributed by atoms with van der Waals surface area (Å²) in [5.74, 6) is 0. The molecule has 0 radical (unpaired) electrons. The Hall–Kier alpha value is -2.01. The van der Waals surface area contributed by atoms with Crippen molar-refractivity contribution in [2.24, 2.45) is 0 Å². The van der Waals surface area contributed by atoms with Gasteiger partial charge in [0.15, 0.2) is 0 Å². The highest BCUT2D eigenvalue weighted by molar-refractivity contribution is 5.74. The van der Waals surface area contributed by atoms with Crippen molar-refractivity contribution >= 4 is 6.03 Å². The first-order chi connectivity index (χ1) is 12.5. The van der Waals surface area contributed by atoms with Crippen LogP contribution in [0.2, 0.25) is 0 Å². The van der Waals surface area contributed by atoms with Crippen LogP contribution < -0.4 is 5.32 Å². The van der Waals surface area contributed by atoms with Crippen LogP contribution in [-0.4, -0.2) is 51.5 Å². The molecule has 11 heteroatoms. The van der Waals surface area contributed by atoms with Crippen molar-refractivity contribution < 1.29 is 40.6 Å². The van der Waals surface area contributed by atoms with Gasteiger partial charge in [-0.1, -0.05) is 0 Å². The lowest BCUT2D eigenvalue weighted by molar-refractivity contribution is -0.143. The third-order valence-electron chi connectivity index (χ3n) is 3.51. The highest BCUT2D eigenvalue weighted by atomic mass is 19.4. The molecule has 0 fully saturated rings. The van der Waals surface area contributed by atoms with Gasteiger partial charge >= 0.3 is 18.4 Å². The largest absolute Gasteiger partial charge is 0.416 e. The summed E-state index contributed by atoms with van der Waals surface area (Å²) in [6.45, 7) is 0.282. The van der Waals surface area contributed by atoms with Gasteiger partial charge in [0, 0.05) is 33.9 Å². The van der Waals surface area contributed by atoms with Crippen LogP contribution >= 0.6 is 0 Å². The summed E-state index contributed by atoms with van der Waals surface area (Å²) in [6, 6.07) is 0.526. The van der Waals surface area contributed by atoms with Crippen LogP contribution in [0.4, 0.5) is 31.1 Å². The van der Waals surface area contributed by atoms with Crippen molar-refractivity contribution in [2.75, 3.05) is 40.5 Å². The summed E-state index contributed by atoms with van der Waals surface area (Å²) < 4.78 is 86.8. The van der Waals surface area contributed by atoms with Crippen LogP contribution in [0.5, 0.6) is 0 Å². The zero-order chi connectivity index (χ0) is 20.7. The zero-order valence-corrected chi connectivity index (χ0v) is 14.7. The molecule has 0 aliphatic heterocycles. The zero-order valence-electron chi connectivity index (χ0n) is 14.7. The minimum Gasteiger partial charge on any atom is -0.383 e. The normalized spacial score (nSPS) is 12.1. The summed E-state index contributed by atoms with van der Waals surface area (Å²) in [5.41, 5.74) is -3.18. The highest BCUT2D eigenvalue weighted by Gasteiger charge is 2.36. The minimum atomic E-state index is -4.94. The van der Waals surface area contributed by atoms with Crippen molar-refractivity contribution in [1.82, 2.24) is 10.2 Å². The standard InChI is InChI=1S/C16H20F6N2O3/c1-26-5-3-24(4-6-27-2)14(25)23-10-11-7-12(15(17,18)19)9-13(8-11)16(20,21)22/h7-9H,3-6,10H2,1-2H3,(H,23,25). The molecule has 0 bridgehead atoms. The molecule has 0 heterocycles. The molecule has 0 saturated heterocycles. The lowest BCUT2D eigenvalue weighted by Gasteiger charge is -2.22. The lowest BCUT2D eigenvalue weighted by Crippen LogP contribution is -2.43. The third kappa shape index (κ3) is 7.63. The Labute approximate surface area is 152 Å². The molecule has 0 aliphatic rings. The number of alkyl halides is 6.